The number of halogens is 9. The summed E-state index contributed by atoms with van der Waals surface area (Å²) in [6.07, 6.45) is -5.18. The molecule has 12 heteroatoms. The van der Waals surface area contributed by atoms with Gasteiger partial charge >= 0.3 is 23.9 Å². The van der Waals surface area contributed by atoms with Crippen molar-refractivity contribution in [3.63, 3.8) is 0 Å². The highest BCUT2D eigenvalue weighted by atomic mass is 19.4. The average Bonchev–Trinajstić information content (AvgIpc) is 2.49. The fraction of sp³-hybridized carbons (Fsp3) is 1.00. The van der Waals surface area contributed by atoms with Crippen molar-refractivity contribution in [2.75, 3.05) is 0 Å². The Morgan fingerprint density at radius 1 is 0.808 bits per heavy atom. The molecule has 0 aromatic heterocycles. The van der Waals surface area contributed by atoms with Gasteiger partial charge in [-0.1, -0.05) is 50.6 Å². The van der Waals surface area contributed by atoms with Gasteiger partial charge in [-0.15, -0.1) is 0 Å². The van der Waals surface area contributed by atoms with Crippen LogP contribution < -0.4 is 0 Å². The molecule has 154 valence electrons. The number of alkyl halides is 9. The standard InChI is InChI=1S/C14H20F9N3/c1-2-3-4-5-6-7-8-10(25-26-24)9-11(15,16)12(17,18)13(19,20)14(21,22)23/h10H,2-9H2,1H3/t10-/m1/s1. The second-order valence-electron chi connectivity index (χ2n) is 5.97. The summed E-state index contributed by atoms with van der Waals surface area (Å²) in [4.78, 5) is 2.18. The third-order valence-electron chi connectivity index (χ3n) is 3.81. The summed E-state index contributed by atoms with van der Waals surface area (Å²) in [7, 11) is 0. The zero-order chi connectivity index (χ0) is 20.6. The summed E-state index contributed by atoms with van der Waals surface area (Å²) in [5.41, 5.74) is 8.30. The summed E-state index contributed by atoms with van der Waals surface area (Å²) in [6.45, 7) is 1.96. The third-order valence-corrected chi connectivity index (χ3v) is 3.81. The molecule has 0 heterocycles. The van der Waals surface area contributed by atoms with Gasteiger partial charge in [0.2, 0.25) is 0 Å². The lowest BCUT2D eigenvalue weighted by atomic mass is 9.95. The van der Waals surface area contributed by atoms with Gasteiger partial charge in [-0.3, -0.25) is 0 Å². The van der Waals surface area contributed by atoms with Crippen molar-refractivity contribution < 1.29 is 39.5 Å². The Balaban J connectivity index is 5.05. The van der Waals surface area contributed by atoms with Crippen LogP contribution in [0.2, 0.25) is 0 Å². The van der Waals surface area contributed by atoms with E-state index in [4.69, 9.17) is 5.53 Å². The number of azide groups is 1. The van der Waals surface area contributed by atoms with Gasteiger partial charge < -0.3 is 0 Å². The second-order valence-corrected chi connectivity index (χ2v) is 5.97. The van der Waals surface area contributed by atoms with E-state index in [1.165, 1.54) is 0 Å². The minimum absolute atomic E-state index is 0.185. The molecule has 0 fully saturated rings. The lowest BCUT2D eigenvalue weighted by Gasteiger charge is -2.34. The predicted molar refractivity (Wildman–Crippen MR) is 76.4 cm³/mol. The first-order valence-corrected chi connectivity index (χ1v) is 7.99. The molecule has 0 amide bonds. The van der Waals surface area contributed by atoms with Crippen molar-refractivity contribution in [1.82, 2.24) is 0 Å². The minimum Gasteiger partial charge on any atom is -0.200 e. The summed E-state index contributed by atoms with van der Waals surface area (Å²) < 4.78 is 115. The first-order chi connectivity index (χ1) is 11.7. The molecule has 1 atom stereocenters. The van der Waals surface area contributed by atoms with Gasteiger partial charge in [-0.05, 0) is 12.0 Å². The highest BCUT2D eigenvalue weighted by Gasteiger charge is 2.81. The smallest absolute Gasteiger partial charge is 0.200 e. The largest absolute Gasteiger partial charge is 0.460 e. The normalized spacial score (nSPS) is 14.8. The van der Waals surface area contributed by atoms with Crippen LogP contribution in [0.5, 0.6) is 0 Å². The van der Waals surface area contributed by atoms with Gasteiger partial charge in [0, 0.05) is 17.4 Å². The molecule has 0 N–H and O–H groups in total. The van der Waals surface area contributed by atoms with E-state index in [0.717, 1.165) is 19.3 Å². The number of nitrogens with zero attached hydrogens (tertiary/aromatic N) is 3. The van der Waals surface area contributed by atoms with Crippen LogP contribution in [-0.4, -0.2) is 30.0 Å². The van der Waals surface area contributed by atoms with E-state index < -0.39 is 36.4 Å². The van der Waals surface area contributed by atoms with E-state index in [-0.39, 0.29) is 12.8 Å². The Morgan fingerprint density at radius 2 is 1.31 bits per heavy atom. The highest BCUT2D eigenvalue weighted by Crippen LogP contribution is 2.54. The van der Waals surface area contributed by atoms with Crippen molar-refractivity contribution in [3.05, 3.63) is 10.4 Å². The maximum Gasteiger partial charge on any atom is 0.460 e. The van der Waals surface area contributed by atoms with Gasteiger partial charge in [0.25, 0.3) is 0 Å². The number of hydrogen-bond acceptors (Lipinski definition) is 1. The van der Waals surface area contributed by atoms with Gasteiger partial charge in [-0.2, -0.15) is 39.5 Å². The van der Waals surface area contributed by atoms with Crippen molar-refractivity contribution in [3.8, 4) is 0 Å². The fourth-order valence-electron chi connectivity index (χ4n) is 2.27. The van der Waals surface area contributed by atoms with Crippen molar-refractivity contribution >= 4 is 0 Å². The van der Waals surface area contributed by atoms with Crippen molar-refractivity contribution in [2.24, 2.45) is 5.11 Å². The molecule has 3 nitrogen and oxygen atoms in total. The van der Waals surface area contributed by atoms with Crippen LogP contribution in [0.4, 0.5) is 39.5 Å². The molecule has 0 aromatic rings. The minimum atomic E-state index is -6.93. The quantitative estimate of drug-likeness (QED) is 0.109. The van der Waals surface area contributed by atoms with E-state index in [1.54, 1.807) is 0 Å². The van der Waals surface area contributed by atoms with Crippen molar-refractivity contribution in [1.29, 1.82) is 0 Å². The molecule has 0 aliphatic carbocycles. The number of unbranched alkanes of at least 4 members (excludes halogenated alkanes) is 5. The second kappa shape index (κ2) is 9.57. The van der Waals surface area contributed by atoms with Gasteiger partial charge in [0.05, 0.1) is 0 Å². The summed E-state index contributed by atoms with van der Waals surface area (Å²) in [5, 5.41) is 2.84. The summed E-state index contributed by atoms with van der Waals surface area (Å²) in [5.74, 6) is -19.3. The molecule has 0 aliphatic heterocycles. The SMILES string of the molecule is CCCCCCCC[C@H](CC(F)(F)C(F)(F)C(F)(F)C(F)(F)F)N=[N+]=[N-]. The Morgan fingerprint density at radius 3 is 1.77 bits per heavy atom. The monoisotopic (exact) mass is 401 g/mol. The van der Waals surface area contributed by atoms with Crippen LogP contribution in [0.15, 0.2) is 5.11 Å². The van der Waals surface area contributed by atoms with E-state index in [0.29, 0.717) is 12.8 Å². The highest BCUT2D eigenvalue weighted by molar-refractivity contribution is 5.01. The average molecular weight is 401 g/mol. The molecule has 0 unspecified atom stereocenters. The molecule has 0 bridgehead atoms. The van der Waals surface area contributed by atoms with Crippen LogP contribution in [0.1, 0.15) is 58.3 Å². The Hall–Kier alpha value is -1.32. The third kappa shape index (κ3) is 6.14. The van der Waals surface area contributed by atoms with E-state index in [1.807, 2.05) is 6.92 Å². The molecule has 0 aromatic carbocycles. The molecule has 0 saturated heterocycles. The fourth-order valence-corrected chi connectivity index (χ4v) is 2.27. The van der Waals surface area contributed by atoms with Gasteiger partial charge in [0.15, 0.2) is 0 Å². The van der Waals surface area contributed by atoms with E-state index >= 15 is 0 Å². The number of rotatable bonds is 12. The summed E-state index contributed by atoms with van der Waals surface area (Å²) in [6, 6.07) is -1.82. The van der Waals surface area contributed by atoms with Crippen LogP contribution in [0, 0.1) is 0 Å². The van der Waals surface area contributed by atoms with Crippen LogP contribution in [-0.2, 0) is 0 Å². The lowest BCUT2D eigenvalue weighted by Crippen LogP contribution is -2.61. The maximum absolute atomic E-state index is 13.6. The Kier molecular flexibility index (Phi) is 9.08. The summed E-state index contributed by atoms with van der Waals surface area (Å²) >= 11 is 0. The molecule has 26 heavy (non-hydrogen) atoms. The topological polar surface area (TPSA) is 48.8 Å². The maximum atomic E-state index is 13.6. The predicted octanol–water partition coefficient (Wildman–Crippen LogP) is 7.27. The molecule has 0 rings (SSSR count). The molecular formula is C14H20F9N3. The molecule has 0 spiro atoms. The molecule has 0 aliphatic rings. The Bertz CT molecular complexity index is 471. The molecule has 0 saturated carbocycles. The Labute approximate surface area is 144 Å². The van der Waals surface area contributed by atoms with Gasteiger partial charge in [0.1, 0.15) is 0 Å². The van der Waals surface area contributed by atoms with Gasteiger partial charge in [-0.25, -0.2) is 0 Å². The van der Waals surface area contributed by atoms with E-state index in [2.05, 4.69) is 10.0 Å². The van der Waals surface area contributed by atoms with Crippen LogP contribution in [0.25, 0.3) is 10.4 Å². The first-order valence-electron chi connectivity index (χ1n) is 7.99. The van der Waals surface area contributed by atoms with Crippen molar-refractivity contribution in [2.45, 2.75) is 88.3 Å². The molecule has 0 radical (unpaired) electrons. The van der Waals surface area contributed by atoms with Crippen LogP contribution >= 0.6 is 0 Å². The van der Waals surface area contributed by atoms with E-state index in [9.17, 15) is 39.5 Å². The zero-order valence-electron chi connectivity index (χ0n) is 14.0. The number of hydrogen-bond donors (Lipinski definition) is 0. The van der Waals surface area contributed by atoms with Crippen LogP contribution in [0.3, 0.4) is 0 Å². The molecular weight excluding hydrogens is 381 g/mol. The first kappa shape index (κ1) is 24.7. The lowest BCUT2D eigenvalue weighted by molar-refractivity contribution is -0.397. The zero-order valence-corrected chi connectivity index (χ0v) is 14.0.